The van der Waals surface area contributed by atoms with Crippen LogP contribution in [0.2, 0.25) is 0 Å². The third-order valence-electron chi connectivity index (χ3n) is 20.9. The molecule has 21 aliphatic rings. The quantitative estimate of drug-likeness (QED) is 0.0917. The highest BCUT2D eigenvalue weighted by Crippen LogP contribution is 2.43. The Morgan fingerprint density at radius 3 is 0.670 bits per heavy atom. The standard InChI is InChI=1S/C72H119NO36/c1-22-27-95-36-25-23-35(24-26-36)65(74)73-28-37-44-51(81-8)58(88-15)66(96-37)104-45-38(29-75-2)98-68(60(90-17)52(45)82-9)106-47-40(31-77-4)100-70(62(92-19)54(47)84-11)108-49-42(33-79-6)102-72(64(94-21)56(49)86-13)109-50-43(34-80-7)101-71(63(93-20)57(50)87-14)107-48-41(32-78-5)99-69(61(91-18)55(48)85-12)105-46-39(30-76-3)97-67(103-44)59(89-16)53(46)83-10/h22-26,37-64,66-72H,1,27-34H2,2-21H3,(H,73,74)/t37-,38-,39-,40-,41-,42-,43-,44-,45-,46-,47-,48-,49-,50-,51+,52+,53+,54+,55+,56+,57+,58-,59-,60-,61-,62-,63-,64-,66-,67-,68-,69-,70-,71-,72-/m1/s1. The molecule has 22 rings (SSSR count). The second-order valence-electron chi connectivity index (χ2n) is 26.9. The van der Waals surface area contributed by atoms with Gasteiger partial charge in [0.1, 0.15) is 183 Å². The predicted octanol–water partition coefficient (Wildman–Crippen LogP) is -0.146. The summed E-state index contributed by atoms with van der Waals surface area (Å²) in [6, 6.07) is 6.60. The van der Waals surface area contributed by atoms with Crippen molar-refractivity contribution in [3.8, 4) is 5.75 Å². The van der Waals surface area contributed by atoms with Crippen molar-refractivity contribution in [2.24, 2.45) is 0 Å². The number of benzene rings is 1. The Bertz CT molecular complexity index is 2740. The number of ether oxygens (including phenoxy) is 35. The van der Waals surface area contributed by atoms with E-state index < -0.39 is 221 Å². The number of hydrogen-bond donors (Lipinski definition) is 1. The van der Waals surface area contributed by atoms with Gasteiger partial charge in [-0.2, -0.15) is 0 Å². The maximum atomic E-state index is 14.3. The molecule has 0 radical (unpaired) electrons. The summed E-state index contributed by atoms with van der Waals surface area (Å²) in [5, 5.41) is 3.03. The number of amides is 1. The SMILES string of the molecule is C=CCOc1ccc(C(=O)NC[C@H]2O[C@@H]3O[C@H]4[C@H](OC)[C@@H](OC)[C@@H](O[C@H]5[C@H](OC)[C@@H](OC)[C@@H](O[C@H]6[C@H](OC)[C@@H](OC)[C@@H](O[C@H]7[C@H](OC)[C@@H](OC)[C@@H](O[C@H]8[C@H](OC)[C@@H](OC)[C@@H](O[C@H]9[C@H](OC)[C@@H](OC)[C@@H](O[C@H]2[C@H](OC)[C@H]3OC)O[C@@H]9COC)O[C@@H]8COC)O[C@@H]7COC)O[C@@H]6COC)O[C@@H]5COC)O[C@@H]4COC)cc1. The van der Waals surface area contributed by atoms with Crippen LogP contribution >= 0.6 is 0 Å². The van der Waals surface area contributed by atoms with Crippen molar-refractivity contribution < 1.29 is 171 Å². The van der Waals surface area contributed by atoms with Crippen LogP contribution in [0.1, 0.15) is 10.4 Å². The number of hydrogen-bond acceptors (Lipinski definition) is 36. The van der Waals surface area contributed by atoms with Gasteiger partial charge in [0.15, 0.2) is 44.0 Å². The van der Waals surface area contributed by atoms with E-state index in [1.165, 1.54) is 142 Å². The summed E-state index contributed by atoms with van der Waals surface area (Å²) in [6.45, 7) is 3.32. The monoisotopic (exact) mass is 1570 g/mol. The summed E-state index contributed by atoms with van der Waals surface area (Å²) < 4.78 is 228. The van der Waals surface area contributed by atoms with E-state index >= 15 is 0 Å². The highest BCUT2D eigenvalue weighted by Gasteiger charge is 2.62. The summed E-state index contributed by atoms with van der Waals surface area (Å²) >= 11 is 0. The average molecular weight is 1570 g/mol. The highest BCUT2D eigenvalue weighted by atomic mass is 16.8. The Kier molecular flexibility index (Phi) is 36.5. The molecular weight excluding hydrogens is 1450 g/mol. The zero-order chi connectivity index (χ0) is 78.6. The molecule has 0 saturated carbocycles. The molecule has 35 atom stereocenters. The van der Waals surface area contributed by atoms with Crippen LogP contribution in [0.4, 0.5) is 0 Å². The van der Waals surface area contributed by atoms with Crippen LogP contribution in [0.5, 0.6) is 5.75 Å². The molecule has 21 fully saturated rings. The van der Waals surface area contributed by atoms with Gasteiger partial charge >= 0.3 is 0 Å². The fourth-order valence-corrected chi connectivity index (χ4v) is 15.9. The van der Waals surface area contributed by atoms with Gasteiger partial charge in [-0.3, -0.25) is 4.79 Å². The van der Waals surface area contributed by atoms with Gasteiger partial charge in [0.05, 0.1) is 39.6 Å². The zero-order valence-corrected chi connectivity index (χ0v) is 66.2. The van der Waals surface area contributed by atoms with Gasteiger partial charge < -0.3 is 171 Å². The van der Waals surface area contributed by atoms with Crippen molar-refractivity contribution in [3.63, 3.8) is 0 Å². The third kappa shape index (κ3) is 20.3. The van der Waals surface area contributed by atoms with Crippen LogP contribution in [0.15, 0.2) is 36.9 Å². The molecule has 0 aromatic heterocycles. The molecule has 21 aliphatic heterocycles. The maximum absolute atomic E-state index is 14.3. The van der Waals surface area contributed by atoms with Crippen molar-refractivity contribution >= 4 is 5.91 Å². The van der Waals surface area contributed by atoms with Crippen LogP contribution in [0, 0.1) is 0 Å². The highest BCUT2D eigenvalue weighted by molar-refractivity contribution is 5.94. The van der Waals surface area contributed by atoms with Gasteiger partial charge in [-0.15, -0.1) is 0 Å². The molecule has 21 heterocycles. The predicted molar refractivity (Wildman–Crippen MR) is 372 cm³/mol. The fourth-order valence-electron chi connectivity index (χ4n) is 15.9. The van der Waals surface area contributed by atoms with Crippen LogP contribution in [-0.4, -0.2) is 416 Å². The average Bonchev–Trinajstić information content (AvgIpc) is 0.819. The zero-order valence-electron chi connectivity index (χ0n) is 66.2. The molecule has 1 aromatic rings. The van der Waals surface area contributed by atoms with Crippen molar-refractivity contribution in [3.05, 3.63) is 42.5 Å². The van der Waals surface area contributed by atoms with Crippen LogP contribution in [0.25, 0.3) is 0 Å². The van der Waals surface area contributed by atoms with E-state index in [4.69, 9.17) is 166 Å². The second kappa shape index (κ2) is 44.3. The Labute approximate surface area is 637 Å². The van der Waals surface area contributed by atoms with E-state index in [0.717, 1.165) is 0 Å². The smallest absolute Gasteiger partial charge is 0.251 e. The van der Waals surface area contributed by atoms with Crippen molar-refractivity contribution in [2.45, 2.75) is 215 Å². The Balaban J connectivity index is 1.15. The molecule has 14 bridgehead atoms. The van der Waals surface area contributed by atoms with Crippen molar-refractivity contribution in [2.75, 3.05) is 195 Å². The second-order valence-corrected chi connectivity index (χ2v) is 26.9. The van der Waals surface area contributed by atoms with Crippen molar-refractivity contribution in [1.29, 1.82) is 0 Å². The third-order valence-corrected chi connectivity index (χ3v) is 20.9. The maximum Gasteiger partial charge on any atom is 0.251 e. The van der Waals surface area contributed by atoms with Gasteiger partial charge in [0.25, 0.3) is 5.91 Å². The van der Waals surface area contributed by atoms with Gasteiger partial charge in [0.2, 0.25) is 0 Å². The minimum absolute atomic E-state index is 0.0574. The van der Waals surface area contributed by atoms with Crippen LogP contribution in [-0.2, 0) is 161 Å². The Hall–Kier alpha value is -3.13. The number of rotatable bonds is 32. The molecule has 37 heteroatoms. The number of methoxy groups -OCH3 is 20. The summed E-state index contributed by atoms with van der Waals surface area (Å²) in [5.41, 5.74) is 0.304. The molecule has 1 aromatic carbocycles. The first-order valence-electron chi connectivity index (χ1n) is 36.2. The van der Waals surface area contributed by atoms with Gasteiger partial charge in [-0.25, -0.2) is 0 Å². The molecule has 0 aliphatic carbocycles. The molecule has 628 valence electrons. The fraction of sp³-hybridized carbons (Fsp3) is 0.875. The molecule has 109 heavy (non-hydrogen) atoms. The Morgan fingerprint density at radius 1 is 0.294 bits per heavy atom. The lowest BCUT2D eigenvalue weighted by Crippen LogP contribution is -2.69. The van der Waals surface area contributed by atoms with Gasteiger partial charge in [0, 0.05) is 154 Å². The molecule has 1 amide bonds. The molecular formula is C72H119NO36. The van der Waals surface area contributed by atoms with Crippen molar-refractivity contribution in [1.82, 2.24) is 5.32 Å². The first-order chi connectivity index (χ1) is 53.0. The van der Waals surface area contributed by atoms with E-state index in [9.17, 15) is 4.79 Å². The lowest BCUT2D eigenvalue weighted by Gasteiger charge is -2.52. The molecule has 0 spiro atoms. The van der Waals surface area contributed by atoms with E-state index in [1.807, 2.05) is 0 Å². The number of nitrogens with one attached hydrogen (secondary N) is 1. The van der Waals surface area contributed by atoms with Gasteiger partial charge in [-0.05, 0) is 24.3 Å². The lowest BCUT2D eigenvalue weighted by molar-refractivity contribution is -0.402. The van der Waals surface area contributed by atoms with E-state index in [-0.39, 0.29) is 52.8 Å². The lowest BCUT2D eigenvalue weighted by atomic mass is 9.94. The van der Waals surface area contributed by atoms with E-state index in [0.29, 0.717) is 11.3 Å². The molecule has 37 nitrogen and oxygen atoms in total. The Morgan fingerprint density at radius 2 is 0.486 bits per heavy atom. The first kappa shape index (κ1) is 89.8. The van der Waals surface area contributed by atoms with E-state index in [2.05, 4.69) is 11.9 Å². The minimum Gasteiger partial charge on any atom is -0.490 e. The normalized spacial score (nSPS) is 42.4. The largest absolute Gasteiger partial charge is 0.490 e. The molecule has 0 unspecified atom stereocenters. The van der Waals surface area contributed by atoms with Gasteiger partial charge in [-0.1, -0.05) is 12.7 Å². The van der Waals surface area contributed by atoms with Crippen LogP contribution < -0.4 is 10.1 Å². The first-order valence-corrected chi connectivity index (χ1v) is 36.2. The number of carbonyl (C=O) groups is 1. The summed E-state index contributed by atoms with van der Waals surface area (Å²) in [4.78, 5) is 14.3. The topological polar surface area (TPSA) is 352 Å². The minimum atomic E-state index is -1.36. The number of carbonyl (C=O) groups excluding carboxylic acids is 1. The summed E-state index contributed by atoms with van der Waals surface area (Å²) in [7, 11) is 29.8. The van der Waals surface area contributed by atoms with E-state index in [1.54, 1.807) is 30.3 Å². The summed E-state index contributed by atoms with van der Waals surface area (Å²) in [5.74, 6) is 0.0567. The molecule has 1 N–H and O–H groups in total. The van der Waals surface area contributed by atoms with Crippen LogP contribution in [0.3, 0.4) is 0 Å². The summed E-state index contributed by atoms with van der Waals surface area (Å²) in [6.07, 6.45) is -36.6. The molecule has 21 saturated heterocycles.